The van der Waals surface area contributed by atoms with Crippen molar-refractivity contribution in [1.82, 2.24) is 0 Å². The highest BCUT2D eigenvalue weighted by molar-refractivity contribution is 6.29. The Kier molecular flexibility index (Phi) is 5.04. The summed E-state index contributed by atoms with van der Waals surface area (Å²) in [5.74, 6) is 2.86. The second kappa shape index (κ2) is 6.98. The van der Waals surface area contributed by atoms with E-state index in [0.717, 1.165) is 29.2 Å². The van der Waals surface area contributed by atoms with Gasteiger partial charge in [0.2, 0.25) is 0 Å². The van der Waals surface area contributed by atoms with Crippen LogP contribution in [0.2, 0.25) is 0 Å². The molecule has 0 aromatic rings. The summed E-state index contributed by atoms with van der Waals surface area (Å²) in [6.45, 7) is 0. The van der Waals surface area contributed by atoms with Gasteiger partial charge >= 0.3 is 0 Å². The van der Waals surface area contributed by atoms with Crippen molar-refractivity contribution in [3.05, 3.63) is 34.9 Å². The van der Waals surface area contributed by atoms with Gasteiger partial charge in [0, 0.05) is 11.5 Å². The maximum absolute atomic E-state index is 6.12. The lowest BCUT2D eigenvalue weighted by molar-refractivity contribution is 0.178. The first kappa shape index (κ1) is 14.4. The molecule has 3 aliphatic rings. The number of hydrogen-bond acceptors (Lipinski definition) is 0. The monoisotopic (exact) mass is 290 g/mol. The van der Waals surface area contributed by atoms with Crippen molar-refractivity contribution in [3.8, 4) is 0 Å². The first-order chi connectivity index (χ1) is 9.83. The Morgan fingerprint density at radius 1 is 0.800 bits per heavy atom. The van der Waals surface area contributed by atoms with Crippen molar-refractivity contribution in [2.24, 2.45) is 17.8 Å². The van der Waals surface area contributed by atoms with E-state index in [1.807, 2.05) is 0 Å². The van der Waals surface area contributed by atoms with Crippen LogP contribution in [0.3, 0.4) is 0 Å². The minimum absolute atomic E-state index is 0.782. The van der Waals surface area contributed by atoms with Crippen molar-refractivity contribution in [3.63, 3.8) is 0 Å². The normalized spacial score (nSPS) is 32.5. The highest BCUT2D eigenvalue weighted by Crippen LogP contribution is 2.42. The first-order valence-corrected chi connectivity index (χ1v) is 8.93. The van der Waals surface area contributed by atoms with Crippen LogP contribution in [-0.4, -0.2) is 0 Å². The van der Waals surface area contributed by atoms with Crippen LogP contribution in [0.4, 0.5) is 0 Å². The molecule has 0 aromatic heterocycles. The fraction of sp³-hybridized carbons (Fsp3) is 0.684. The van der Waals surface area contributed by atoms with Crippen molar-refractivity contribution in [2.45, 2.75) is 64.2 Å². The molecule has 0 atom stereocenters. The van der Waals surface area contributed by atoms with E-state index in [1.54, 1.807) is 0 Å². The van der Waals surface area contributed by atoms with Gasteiger partial charge in [0.05, 0.1) is 0 Å². The Balaban J connectivity index is 1.55. The van der Waals surface area contributed by atoms with Crippen molar-refractivity contribution >= 4 is 11.6 Å². The lowest BCUT2D eigenvalue weighted by Gasteiger charge is -2.36. The molecule has 20 heavy (non-hydrogen) atoms. The average Bonchev–Trinajstić information content (AvgIpc) is 2.73. The maximum Gasteiger partial charge on any atom is 0.0218 e. The predicted molar refractivity (Wildman–Crippen MR) is 87.8 cm³/mol. The van der Waals surface area contributed by atoms with E-state index in [0.29, 0.717) is 0 Å². The van der Waals surface area contributed by atoms with E-state index in [9.17, 15) is 0 Å². The summed E-state index contributed by atoms with van der Waals surface area (Å²) in [5, 5.41) is 0.965. The van der Waals surface area contributed by atoms with Crippen LogP contribution in [-0.2, 0) is 0 Å². The summed E-state index contributed by atoms with van der Waals surface area (Å²) in [4.78, 5) is 0. The van der Waals surface area contributed by atoms with Gasteiger partial charge in [-0.3, -0.25) is 0 Å². The zero-order valence-corrected chi connectivity index (χ0v) is 13.2. The lowest BCUT2D eigenvalue weighted by Crippen LogP contribution is -2.24. The molecule has 110 valence electrons. The van der Waals surface area contributed by atoms with Gasteiger partial charge in [-0.25, -0.2) is 0 Å². The molecule has 0 saturated heterocycles. The Morgan fingerprint density at radius 2 is 1.50 bits per heavy atom. The van der Waals surface area contributed by atoms with E-state index in [1.165, 1.54) is 63.4 Å². The lowest BCUT2D eigenvalue weighted by atomic mass is 9.70. The minimum Gasteiger partial charge on any atom is -0.0888 e. The number of rotatable bonds is 2. The van der Waals surface area contributed by atoms with E-state index >= 15 is 0 Å². The van der Waals surface area contributed by atoms with Crippen LogP contribution in [0.25, 0.3) is 0 Å². The smallest absolute Gasteiger partial charge is 0.0218 e. The molecule has 3 aliphatic carbocycles. The summed E-state index contributed by atoms with van der Waals surface area (Å²) in [5.41, 5.74) is 1.52. The molecule has 0 heterocycles. The van der Waals surface area contributed by atoms with Gasteiger partial charge in [-0.15, -0.1) is 0 Å². The van der Waals surface area contributed by atoms with Gasteiger partial charge in [-0.05, 0) is 55.1 Å². The quantitative estimate of drug-likeness (QED) is 0.553. The molecule has 0 bridgehead atoms. The molecular formula is C19H27Cl. The van der Waals surface area contributed by atoms with Gasteiger partial charge < -0.3 is 0 Å². The Labute approximate surface area is 129 Å². The summed E-state index contributed by atoms with van der Waals surface area (Å²) in [6.07, 6.45) is 23.0. The average molecular weight is 291 g/mol. The molecule has 0 nitrogen and oxygen atoms in total. The molecule has 2 fully saturated rings. The second-order valence-electron chi connectivity index (χ2n) is 6.90. The highest BCUT2D eigenvalue weighted by atomic mass is 35.5. The number of halogens is 1. The van der Waals surface area contributed by atoms with Crippen molar-refractivity contribution in [2.75, 3.05) is 0 Å². The molecular weight excluding hydrogens is 264 g/mol. The minimum atomic E-state index is 0.782. The maximum atomic E-state index is 6.12. The molecule has 1 heteroatoms. The third-order valence-electron chi connectivity index (χ3n) is 5.64. The third kappa shape index (κ3) is 3.58. The molecule has 3 rings (SSSR count). The molecule has 0 unspecified atom stereocenters. The van der Waals surface area contributed by atoms with Gasteiger partial charge in [0.25, 0.3) is 0 Å². The largest absolute Gasteiger partial charge is 0.0888 e. The summed E-state index contributed by atoms with van der Waals surface area (Å²) < 4.78 is 0. The molecule has 0 aromatic carbocycles. The fourth-order valence-electron chi connectivity index (χ4n) is 4.42. The van der Waals surface area contributed by atoms with Crippen LogP contribution in [0, 0.1) is 17.8 Å². The van der Waals surface area contributed by atoms with Crippen LogP contribution in [0.5, 0.6) is 0 Å². The standard InChI is InChI=1S/C19H27Cl/c20-19-8-4-7-16(13-14-19)18-11-9-17(10-12-18)15-5-2-1-3-6-15/h4,7,13-15,17-18H,1-3,5-6,8-12H2. The zero-order chi connectivity index (χ0) is 13.8. The molecule has 0 spiro atoms. The highest BCUT2D eigenvalue weighted by Gasteiger charge is 2.29. The van der Waals surface area contributed by atoms with Gasteiger partial charge in [-0.2, -0.15) is 0 Å². The van der Waals surface area contributed by atoms with E-state index in [4.69, 9.17) is 11.6 Å². The second-order valence-corrected chi connectivity index (χ2v) is 7.38. The first-order valence-electron chi connectivity index (χ1n) is 8.55. The topological polar surface area (TPSA) is 0 Å². The van der Waals surface area contributed by atoms with Crippen LogP contribution in [0.1, 0.15) is 64.2 Å². The number of allylic oxidation sites excluding steroid dienone is 6. The Morgan fingerprint density at radius 3 is 2.25 bits per heavy atom. The summed E-state index contributed by atoms with van der Waals surface area (Å²) in [7, 11) is 0. The van der Waals surface area contributed by atoms with Crippen LogP contribution < -0.4 is 0 Å². The van der Waals surface area contributed by atoms with Crippen LogP contribution >= 0.6 is 11.6 Å². The predicted octanol–water partition coefficient (Wildman–Crippen LogP) is 6.38. The van der Waals surface area contributed by atoms with E-state index in [2.05, 4.69) is 24.3 Å². The molecule has 0 N–H and O–H groups in total. The Hall–Kier alpha value is -0.490. The summed E-state index contributed by atoms with van der Waals surface area (Å²) in [6, 6.07) is 0. The molecule has 0 amide bonds. The Bertz CT molecular complexity index is 401. The van der Waals surface area contributed by atoms with Crippen molar-refractivity contribution in [1.29, 1.82) is 0 Å². The summed E-state index contributed by atoms with van der Waals surface area (Å²) >= 11 is 6.12. The van der Waals surface area contributed by atoms with E-state index < -0.39 is 0 Å². The SMILES string of the molecule is ClC1=CC=C(C2CCC(C3CCCCC3)CC2)C=CC1. The third-order valence-corrected chi connectivity index (χ3v) is 5.92. The van der Waals surface area contributed by atoms with Gasteiger partial charge in [0.1, 0.15) is 0 Å². The zero-order valence-electron chi connectivity index (χ0n) is 12.5. The molecule has 2 saturated carbocycles. The van der Waals surface area contributed by atoms with Crippen LogP contribution in [0.15, 0.2) is 34.9 Å². The molecule has 0 aliphatic heterocycles. The fourth-order valence-corrected chi connectivity index (χ4v) is 4.57. The molecule has 0 radical (unpaired) electrons. The van der Waals surface area contributed by atoms with Gasteiger partial charge in [-0.1, -0.05) is 61.9 Å². The number of hydrogen-bond donors (Lipinski definition) is 0. The van der Waals surface area contributed by atoms with E-state index in [-0.39, 0.29) is 0 Å². The van der Waals surface area contributed by atoms with Crippen molar-refractivity contribution < 1.29 is 0 Å². The van der Waals surface area contributed by atoms with Gasteiger partial charge in [0.15, 0.2) is 0 Å².